The molecule has 0 aromatic heterocycles. The molecule has 21 heavy (non-hydrogen) atoms. The van der Waals surface area contributed by atoms with Crippen LogP contribution in [0.25, 0.3) is 0 Å². The van der Waals surface area contributed by atoms with Gasteiger partial charge >= 0.3 is 5.69 Å². The Kier molecular flexibility index (Phi) is 4.61. The Bertz CT molecular complexity index is 626. The van der Waals surface area contributed by atoms with Crippen LogP contribution in [0.15, 0.2) is 42.5 Å². The van der Waals surface area contributed by atoms with Crippen LogP contribution in [0.5, 0.6) is 11.5 Å². The predicted molar refractivity (Wildman–Crippen MR) is 80.0 cm³/mol. The monoisotopic (exact) mass is 288 g/mol. The molecule has 110 valence electrons. The number of rotatable bonds is 6. The van der Waals surface area contributed by atoms with Gasteiger partial charge in [0.05, 0.1) is 19.1 Å². The van der Waals surface area contributed by atoms with Crippen LogP contribution in [0.1, 0.15) is 5.56 Å². The van der Waals surface area contributed by atoms with E-state index in [9.17, 15) is 10.1 Å². The summed E-state index contributed by atoms with van der Waals surface area (Å²) in [5, 5.41) is 14.2. The van der Waals surface area contributed by atoms with Crippen molar-refractivity contribution in [3.63, 3.8) is 0 Å². The maximum atomic E-state index is 11.0. The molecule has 0 aliphatic carbocycles. The minimum atomic E-state index is -0.449. The summed E-state index contributed by atoms with van der Waals surface area (Å²) in [6.45, 7) is 0.483. The molecule has 2 aromatic rings. The van der Waals surface area contributed by atoms with Crippen LogP contribution in [0.2, 0.25) is 0 Å². The second-order valence-electron chi connectivity index (χ2n) is 4.35. The topological polar surface area (TPSA) is 73.6 Å². The van der Waals surface area contributed by atoms with Crippen molar-refractivity contribution in [2.75, 3.05) is 19.5 Å². The van der Waals surface area contributed by atoms with E-state index < -0.39 is 4.92 Å². The highest BCUT2D eigenvalue weighted by molar-refractivity contribution is 5.51. The molecule has 0 aliphatic heterocycles. The van der Waals surface area contributed by atoms with E-state index in [0.717, 1.165) is 17.0 Å². The molecular formula is C15H16N2O4. The van der Waals surface area contributed by atoms with E-state index in [0.29, 0.717) is 6.54 Å². The molecular weight excluding hydrogens is 272 g/mol. The average Bonchev–Trinajstić information content (AvgIpc) is 2.53. The lowest BCUT2D eigenvalue weighted by Gasteiger charge is -2.08. The molecule has 0 heterocycles. The zero-order valence-corrected chi connectivity index (χ0v) is 11.8. The third kappa shape index (κ3) is 3.62. The van der Waals surface area contributed by atoms with Crippen molar-refractivity contribution >= 4 is 11.4 Å². The molecule has 2 rings (SSSR count). The van der Waals surface area contributed by atoms with Crippen molar-refractivity contribution in [3.8, 4) is 11.5 Å². The third-order valence-electron chi connectivity index (χ3n) is 3.03. The Hall–Kier alpha value is -2.76. The molecule has 6 nitrogen and oxygen atoms in total. The summed E-state index contributed by atoms with van der Waals surface area (Å²) in [6.07, 6.45) is 0. The maximum absolute atomic E-state index is 11.0. The van der Waals surface area contributed by atoms with Crippen molar-refractivity contribution in [2.24, 2.45) is 0 Å². The number of benzene rings is 2. The van der Waals surface area contributed by atoms with Gasteiger partial charge in [0.1, 0.15) is 5.75 Å². The van der Waals surface area contributed by atoms with Gasteiger partial charge in [-0.05, 0) is 35.9 Å². The molecule has 2 aromatic carbocycles. The smallest absolute Gasteiger partial charge is 0.311 e. The first kappa shape index (κ1) is 14.6. The van der Waals surface area contributed by atoms with Crippen molar-refractivity contribution in [1.29, 1.82) is 0 Å². The highest BCUT2D eigenvalue weighted by Crippen LogP contribution is 2.27. The zero-order valence-electron chi connectivity index (χ0n) is 11.8. The third-order valence-corrected chi connectivity index (χ3v) is 3.03. The number of nitrogens with one attached hydrogen (secondary N) is 1. The van der Waals surface area contributed by atoms with Gasteiger partial charge in [-0.1, -0.05) is 6.07 Å². The van der Waals surface area contributed by atoms with Crippen LogP contribution < -0.4 is 14.8 Å². The van der Waals surface area contributed by atoms with Crippen molar-refractivity contribution in [1.82, 2.24) is 0 Å². The molecule has 0 amide bonds. The molecule has 0 atom stereocenters. The highest BCUT2D eigenvalue weighted by atomic mass is 16.6. The second-order valence-corrected chi connectivity index (χ2v) is 4.35. The SMILES string of the molecule is COc1ccc(NCc2ccc(OC)c([N+](=O)[O-])c2)cc1. The van der Waals surface area contributed by atoms with Crippen molar-refractivity contribution in [3.05, 3.63) is 58.1 Å². The van der Waals surface area contributed by atoms with Gasteiger partial charge in [0.2, 0.25) is 0 Å². The second kappa shape index (κ2) is 6.60. The van der Waals surface area contributed by atoms with Gasteiger partial charge in [-0.25, -0.2) is 0 Å². The number of methoxy groups -OCH3 is 2. The molecule has 0 radical (unpaired) electrons. The highest BCUT2D eigenvalue weighted by Gasteiger charge is 2.14. The molecule has 0 saturated heterocycles. The van der Waals surface area contributed by atoms with Gasteiger partial charge < -0.3 is 14.8 Å². The van der Waals surface area contributed by atoms with E-state index in [1.807, 2.05) is 24.3 Å². The minimum absolute atomic E-state index is 0.0356. The zero-order chi connectivity index (χ0) is 15.2. The number of ether oxygens (including phenoxy) is 2. The molecule has 0 spiro atoms. The Morgan fingerprint density at radius 3 is 2.38 bits per heavy atom. The van der Waals surface area contributed by atoms with Crippen LogP contribution in [0.3, 0.4) is 0 Å². The fourth-order valence-corrected chi connectivity index (χ4v) is 1.90. The van der Waals surface area contributed by atoms with Crippen LogP contribution in [-0.4, -0.2) is 19.1 Å². The summed E-state index contributed by atoms with van der Waals surface area (Å²) in [7, 11) is 3.02. The van der Waals surface area contributed by atoms with Gasteiger partial charge in [-0.15, -0.1) is 0 Å². The molecule has 0 bridgehead atoms. The Labute approximate surface area is 122 Å². The van der Waals surface area contributed by atoms with E-state index in [-0.39, 0.29) is 11.4 Å². The molecule has 0 aliphatic rings. The molecule has 0 saturated carbocycles. The van der Waals surface area contributed by atoms with E-state index >= 15 is 0 Å². The molecule has 0 fully saturated rings. The molecule has 6 heteroatoms. The van der Waals surface area contributed by atoms with Crippen LogP contribution in [-0.2, 0) is 6.54 Å². The fourth-order valence-electron chi connectivity index (χ4n) is 1.90. The number of hydrogen-bond donors (Lipinski definition) is 1. The predicted octanol–water partition coefficient (Wildman–Crippen LogP) is 3.22. The molecule has 1 N–H and O–H groups in total. The van der Waals surface area contributed by atoms with Crippen LogP contribution in [0, 0.1) is 10.1 Å². The first-order valence-electron chi connectivity index (χ1n) is 6.33. The lowest BCUT2D eigenvalue weighted by molar-refractivity contribution is -0.385. The first-order chi connectivity index (χ1) is 10.1. The van der Waals surface area contributed by atoms with Gasteiger partial charge in [-0.3, -0.25) is 10.1 Å². The maximum Gasteiger partial charge on any atom is 0.311 e. The minimum Gasteiger partial charge on any atom is -0.497 e. The quantitative estimate of drug-likeness (QED) is 0.652. The first-order valence-corrected chi connectivity index (χ1v) is 6.33. The number of nitro groups is 1. The normalized spacial score (nSPS) is 10.0. The number of anilines is 1. The largest absolute Gasteiger partial charge is 0.497 e. The van der Waals surface area contributed by atoms with Crippen LogP contribution in [0.4, 0.5) is 11.4 Å². The summed E-state index contributed by atoms with van der Waals surface area (Å²) < 4.78 is 10.1. The van der Waals surface area contributed by atoms with Gasteiger partial charge in [0.15, 0.2) is 5.75 Å². The lowest BCUT2D eigenvalue weighted by Crippen LogP contribution is -2.01. The van der Waals surface area contributed by atoms with Gasteiger partial charge in [-0.2, -0.15) is 0 Å². The number of nitrogens with zero attached hydrogens (tertiary/aromatic N) is 1. The van der Waals surface area contributed by atoms with Crippen molar-refractivity contribution in [2.45, 2.75) is 6.54 Å². The fraction of sp³-hybridized carbons (Fsp3) is 0.200. The van der Waals surface area contributed by atoms with Gasteiger partial charge in [0.25, 0.3) is 0 Å². The summed E-state index contributed by atoms with van der Waals surface area (Å²) in [5.74, 6) is 1.04. The summed E-state index contributed by atoms with van der Waals surface area (Å²) in [4.78, 5) is 10.5. The lowest BCUT2D eigenvalue weighted by atomic mass is 10.2. The summed E-state index contributed by atoms with van der Waals surface area (Å²) in [6, 6.07) is 12.4. The average molecular weight is 288 g/mol. The number of nitro benzene ring substituents is 1. The number of hydrogen-bond acceptors (Lipinski definition) is 5. The Morgan fingerprint density at radius 2 is 1.81 bits per heavy atom. The summed E-state index contributed by atoms with van der Waals surface area (Å²) >= 11 is 0. The van der Waals surface area contributed by atoms with Gasteiger partial charge in [0, 0.05) is 18.3 Å². The molecule has 0 unspecified atom stereocenters. The Balaban J connectivity index is 2.08. The standard InChI is InChI=1S/C15H16N2O4/c1-20-13-6-4-12(5-7-13)16-10-11-3-8-15(21-2)14(9-11)17(18)19/h3-9,16H,10H2,1-2H3. The van der Waals surface area contributed by atoms with Crippen molar-refractivity contribution < 1.29 is 14.4 Å². The van der Waals surface area contributed by atoms with E-state index in [2.05, 4.69) is 5.32 Å². The van der Waals surface area contributed by atoms with E-state index in [1.54, 1.807) is 19.2 Å². The van der Waals surface area contributed by atoms with E-state index in [4.69, 9.17) is 9.47 Å². The summed E-state index contributed by atoms with van der Waals surface area (Å²) in [5.41, 5.74) is 1.68. The van der Waals surface area contributed by atoms with E-state index in [1.165, 1.54) is 13.2 Å². The van der Waals surface area contributed by atoms with Crippen LogP contribution >= 0.6 is 0 Å². The Morgan fingerprint density at radius 1 is 1.10 bits per heavy atom.